The summed E-state index contributed by atoms with van der Waals surface area (Å²) in [5.74, 6) is -0.973. The number of carboxylic acids is 1. The van der Waals surface area contributed by atoms with E-state index in [4.69, 9.17) is 16.6 Å². The van der Waals surface area contributed by atoms with E-state index >= 15 is 0 Å². The Morgan fingerprint density at radius 3 is 2.71 bits per heavy atom. The average molecular weight is 195 g/mol. The number of rotatable bonds is 2. The molecule has 0 saturated carbocycles. The van der Waals surface area contributed by atoms with Crippen molar-refractivity contribution in [3.05, 3.63) is 23.4 Å². The molecule has 14 heavy (non-hydrogen) atoms. The van der Waals surface area contributed by atoms with Crippen molar-refractivity contribution < 1.29 is 9.90 Å². The van der Waals surface area contributed by atoms with E-state index in [2.05, 4.69) is 4.98 Å². The number of aromatic nitrogens is 1. The molecule has 1 aromatic rings. The van der Waals surface area contributed by atoms with Crippen LogP contribution in [-0.4, -0.2) is 16.1 Å². The van der Waals surface area contributed by atoms with Crippen molar-refractivity contribution in [1.82, 2.24) is 4.98 Å². The maximum atomic E-state index is 10.9. The van der Waals surface area contributed by atoms with E-state index in [-0.39, 0.29) is 5.82 Å². The number of nitrogen functional groups attached to an aromatic ring is 1. The first-order valence-corrected chi connectivity index (χ1v) is 4.10. The first kappa shape index (κ1) is 10.5. The number of aryl methyl sites for hydroxylation is 1. The normalized spacial score (nSPS) is 14.8. The Balaban J connectivity index is 3.31. The molecule has 0 fully saturated rings. The Bertz CT molecular complexity index is 374. The quantitative estimate of drug-likeness (QED) is 0.627. The van der Waals surface area contributed by atoms with E-state index in [1.165, 1.54) is 6.92 Å². The second-order valence-electron chi connectivity index (χ2n) is 3.45. The molecule has 5 N–H and O–H groups in total. The van der Waals surface area contributed by atoms with Gasteiger partial charge in [-0.1, -0.05) is 0 Å². The van der Waals surface area contributed by atoms with Crippen LogP contribution in [0.4, 0.5) is 5.82 Å². The molecule has 1 rings (SSSR count). The number of aliphatic carboxylic acids is 1. The summed E-state index contributed by atoms with van der Waals surface area (Å²) in [5, 5.41) is 8.90. The Hall–Kier alpha value is -1.62. The molecule has 76 valence electrons. The molecule has 0 radical (unpaired) electrons. The standard InChI is InChI=1S/C9H13N3O2/c1-5-3-6(7(10)12-4-5)9(2,11)8(13)14/h3-4H,11H2,1-2H3,(H2,10,12)(H,13,14). The van der Waals surface area contributed by atoms with Crippen molar-refractivity contribution in [2.24, 2.45) is 5.73 Å². The molecular weight excluding hydrogens is 182 g/mol. The number of carbonyl (C=O) groups is 1. The number of nitrogens with zero attached hydrogens (tertiary/aromatic N) is 1. The molecule has 5 heteroatoms. The smallest absolute Gasteiger partial charge is 0.328 e. The summed E-state index contributed by atoms with van der Waals surface area (Å²) in [6, 6.07) is 1.64. The lowest BCUT2D eigenvalue weighted by molar-refractivity contribution is -0.143. The number of nitrogens with two attached hydrogens (primary N) is 2. The van der Waals surface area contributed by atoms with Gasteiger partial charge in [0, 0.05) is 11.8 Å². The maximum absolute atomic E-state index is 10.9. The molecule has 5 nitrogen and oxygen atoms in total. The summed E-state index contributed by atoms with van der Waals surface area (Å²) in [4.78, 5) is 14.7. The maximum Gasteiger partial charge on any atom is 0.328 e. The topological polar surface area (TPSA) is 102 Å². The largest absolute Gasteiger partial charge is 0.480 e. The molecule has 1 unspecified atom stereocenters. The summed E-state index contributed by atoms with van der Waals surface area (Å²) >= 11 is 0. The first-order valence-electron chi connectivity index (χ1n) is 4.10. The van der Waals surface area contributed by atoms with E-state index in [0.29, 0.717) is 5.56 Å². The van der Waals surface area contributed by atoms with Crippen LogP contribution in [0.25, 0.3) is 0 Å². The van der Waals surface area contributed by atoms with Crippen molar-refractivity contribution in [3.8, 4) is 0 Å². The van der Waals surface area contributed by atoms with Crippen molar-refractivity contribution in [2.75, 3.05) is 5.73 Å². The third kappa shape index (κ3) is 1.67. The van der Waals surface area contributed by atoms with Crippen LogP contribution in [0.3, 0.4) is 0 Å². The van der Waals surface area contributed by atoms with Gasteiger partial charge in [-0.05, 0) is 25.5 Å². The number of pyridine rings is 1. The van der Waals surface area contributed by atoms with E-state index < -0.39 is 11.5 Å². The van der Waals surface area contributed by atoms with Crippen molar-refractivity contribution in [3.63, 3.8) is 0 Å². The minimum atomic E-state index is -1.50. The molecule has 0 aliphatic carbocycles. The molecule has 0 amide bonds. The summed E-state index contributed by atoms with van der Waals surface area (Å²) < 4.78 is 0. The van der Waals surface area contributed by atoms with Crippen LogP contribution in [0.2, 0.25) is 0 Å². The summed E-state index contributed by atoms with van der Waals surface area (Å²) in [6.45, 7) is 3.19. The molecule has 1 heterocycles. The second-order valence-corrected chi connectivity index (χ2v) is 3.45. The summed E-state index contributed by atoms with van der Waals surface area (Å²) in [6.07, 6.45) is 1.57. The molecule has 1 aromatic heterocycles. The minimum absolute atomic E-state index is 0.156. The van der Waals surface area contributed by atoms with Crippen LogP contribution in [0.1, 0.15) is 18.1 Å². The van der Waals surface area contributed by atoms with Gasteiger partial charge in [0.25, 0.3) is 0 Å². The van der Waals surface area contributed by atoms with Gasteiger partial charge in [0.15, 0.2) is 0 Å². The number of anilines is 1. The van der Waals surface area contributed by atoms with Crippen molar-refractivity contribution >= 4 is 11.8 Å². The van der Waals surface area contributed by atoms with Gasteiger partial charge in [-0.2, -0.15) is 0 Å². The average Bonchev–Trinajstić information content (AvgIpc) is 2.08. The van der Waals surface area contributed by atoms with Gasteiger partial charge in [-0.25, -0.2) is 9.78 Å². The van der Waals surface area contributed by atoms with Crippen LogP contribution in [0.5, 0.6) is 0 Å². The molecule has 0 aliphatic heterocycles. The lowest BCUT2D eigenvalue weighted by Crippen LogP contribution is -2.42. The number of hydrogen-bond donors (Lipinski definition) is 3. The van der Waals surface area contributed by atoms with Gasteiger partial charge >= 0.3 is 5.97 Å². The molecule has 0 spiro atoms. The third-order valence-electron chi connectivity index (χ3n) is 2.06. The van der Waals surface area contributed by atoms with Gasteiger partial charge in [-0.15, -0.1) is 0 Å². The highest BCUT2D eigenvalue weighted by Crippen LogP contribution is 2.23. The van der Waals surface area contributed by atoms with Crippen molar-refractivity contribution in [2.45, 2.75) is 19.4 Å². The summed E-state index contributed by atoms with van der Waals surface area (Å²) in [5.41, 5.74) is 10.9. The van der Waals surface area contributed by atoms with Gasteiger partial charge in [-0.3, -0.25) is 0 Å². The van der Waals surface area contributed by atoms with Gasteiger partial charge in [0.1, 0.15) is 11.4 Å². The molecule has 0 saturated heterocycles. The van der Waals surface area contributed by atoms with E-state index in [1.54, 1.807) is 19.2 Å². The fraction of sp³-hybridized carbons (Fsp3) is 0.333. The molecule has 0 aliphatic rings. The van der Waals surface area contributed by atoms with Crippen LogP contribution < -0.4 is 11.5 Å². The van der Waals surface area contributed by atoms with Crippen LogP contribution >= 0.6 is 0 Å². The van der Waals surface area contributed by atoms with Gasteiger partial charge in [0.2, 0.25) is 0 Å². The zero-order valence-electron chi connectivity index (χ0n) is 8.11. The summed E-state index contributed by atoms with van der Waals surface area (Å²) in [7, 11) is 0. The van der Waals surface area contributed by atoms with E-state index in [1.807, 2.05) is 0 Å². The Labute approximate surface area is 81.7 Å². The monoisotopic (exact) mass is 195 g/mol. The predicted molar refractivity (Wildman–Crippen MR) is 52.6 cm³/mol. The van der Waals surface area contributed by atoms with E-state index in [9.17, 15) is 4.79 Å². The highest BCUT2D eigenvalue weighted by atomic mass is 16.4. The van der Waals surface area contributed by atoms with Crippen LogP contribution in [0, 0.1) is 6.92 Å². The van der Waals surface area contributed by atoms with Gasteiger partial charge in [0.05, 0.1) is 0 Å². The highest BCUT2D eigenvalue weighted by molar-refractivity contribution is 5.81. The minimum Gasteiger partial charge on any atom is -0.480 e. The number of carboxylic acid groups (broad SMARTS) is 1. The van der Waals surface area contributed by atoms with Crippen LogP contribution in [0.15, 0.2) is 12.3 Å². The lowest BCUT2D eigenvalue weighted by atomic mass is 9.93. The zero-order valence-corrected chi connectivity index (χ0v) is 8.11. The fourth-order valence-electron chi connectivity index (χ4n) is 1.11. The molecule has 0 aromatic carbocycles. The predicted octanol–water partition coefficient (Wildman–Crippen LogP) is 0.231. The molecular formula is C9H13N3O2. The highest BCUT2D eigenvalue weighted by Gasteiger charge is 2.32. The van der Waals surface area contributed by atoms with Crippen molar-refractivity contribution in [1.29, 1.82) is 0 Å². The SMILES string of the molecule is Cc1cnc(N)c(C(C)(N)C(=O)O)c1. The third-order valence-corrected chi connectivity index (χ3v) is 2.06. The molecule has 1 atom stereocenters. The Morgan fingerprint density at radius 2 is 2.21 bits per heavy atom. The fourth-order valence-corrected chi connectivity index (χ4v) is 1.11. The lowest BCUT2D eigenvalue weighted by Gasteiger charge is -2.21. The Kier molecular flexibility index (Phi) is 2.44. The number of hydrogen-bond acceptors (Lipinski definition) is 4. The zero-order chi connectivity index (χ0) is 10.9. The Morgan fingerprint density at radius 1 is 1.64 bits per heavy atom. The van der Waals surface area contributed by atoms with Gasteiger partial charge < -0.3 is 16.6 Å². The van der Waals surface area contributed by atoms with E-state index in [0.717, 1.165) is 5.56 Å². The first-order chi connectivity index (χ1) is 6.35. The van der Waals surface area contributed by atoms with Crippen LogP contribution in [-0.2, 0) is 10.3 Å². The molecule has 0 bridgehead atoms. The second kappa shape index (κ2) is 3.26.